The van der Waals surface area contributed by atoms with Crippen LogP contribution < -0.4 is 4.74 Å². The molecule has 0 saturated heterocycles. The summed E-state index contributed by atoms with van der Waals surface area (Å²) in [4.78, 5) is 0. The first kappa shape index (κ1) is 20.1. The molecular weight excluding hydrogens is 280 g/mol. The Labute approximate surface area is 144 Å². The molecule has 2 radical (unpaired) electrons. The van der Waals surface area contributed by atoms with Crippen LogP contribution in [0.4, 0.5) is 0 Å². The first-order valence-corrected chi connectivity index (χ1v) is 9.94. The van der Waals surface area contributed by atoms with E-state index in [1.54, 1.807) is 0 Å². The predicted octanol–water partition coefficient (Wildman–Crippen LogP) is 7.15. The van der Waals surface area contributed by atoms with E-state index in [1.807, 2.05) is 18.2 Å². The van der Waals surface area contributed by atoms with E-state index in [0.29, 0.717) is 0 Å². The average molecular weight is 317 g/mol. The monoisotopic (exact) mass is 316 g/mol. The van der Waals surface area contributed by atoms with Gasteiger partial charge in [-0.1, -0.05) is 96.5 Å². The Morgan fingerprint density at radius 2 is 1.22 bits per heavy atom. The van der Waals surface area contributed by atoms with Crippen LogP contribution in [0.15, 0.2) is 18.2 Å². The van der Waals surface area contributed by atoms with Crippen LogP contribution in [0.25, 0.3) is 0 Å². The van der Waals surface area contributed by atoms with E-state index in [2.05, 4.69) is 19.1 Å². The minimum atomic E-state index is 0.812. The fraction of sp³-hybridized carbons (Fsp3) is 0.727. The fourth-order valence-electron chi connectivity index (χ4n) is 2.90. The van der Waals surface area contributed by atoms with E-state index in [-0.39, 0.29) is 0 Å². The highest BCUT2D eigenvalue weighted by atomic mass is 16.5. The second-order valence-electron chi connectivity index (χ2n) is 6.60. The van der Waals surface area contributed by atoms with Gasteiger partial charge in [-0.15, -0.1) is 0 Å². The smallest absolute Gasteiger partial charge is 0.127 e. The van der Waals surface area contributed by atoms with Crippen molar-refractivity contribution in [1.29, 1.82) is 0 Å². The highest BCUT2D eigenvalue weighted by Gasteiger charge is 1.95. The lowest BCUT2D eigenvalue weighted by Gasteiger charge is -2.05. The molecule has 1 aromatic rings. The highest BCUT2D eigenvalue weighted by molar-refractivity contribution is 5.18. The van der Waals surface area contributed by atoms with Gasteiger partial charge >= 0.3 is 0 Å². The number of ether oxygens (including phenoxy) is 1. The van der Waals surface area contributed by atoms with Crippen LogP contribution in [0.5, 0.6) is 5.75 Å². The Bertz CT molecular complexity index is 333. The molecule has 0 atom stereocenters. The summed E-state index contributed by atoms with van der Waals surface area (Å²) in [5.41, 5.74) is 0. The molecule has 0 spiro atoms. The van der Waals surface area contributed by atoms with Crippen LogP contribution in [0, 0.1) is 12.1 Å². The maximum absolute atomic E-state index is 5.63. The molecule has 0 N–H and O–H groups in total. The average Bonchev–Trinajstić information content (AvgIpc) is 2.59. The van der Waals surface area contributed by atoms with Crippen molar-refractivity contribution in [2.45, 2.75) is 96.8 Å². The molecule has 0 saturated carbocycles. The quantitative estimate of drug-likeness (QED) is 0.294. The predicted molar refractivity (Wildman–Crippen MR) is 99.9 cm³/mol. The molecule has 0 bridgehead atoms. The van der Waals surface area contributed by atoms with Gasteiger partial charge in [0.2, 0.25) is 0 Å². The topological polar surface area (TPSA) is 9.23 Å². The minimum Gasteiger partial charge on any atom is -0.493 e. The zero-order valence-electron chi connectivity index (χ0n) is 15.2. The van der Waals surface area contributed by atoms with Crippen LogP contribution in [0.1, 0.15) is 96.8 Å². The van der Waals surface area contributed by atoms with Gasteiger partial charge in [-0.25, -0.2) is 0 Å². The van der Waals surface area contributed by atoms with Crippen LogP contribution in [0.2, 0.25) is 0 Å². The lowest BCUT2D eigenvalue weighted by atomic mass is 10.0. The SMILES string of the molecule is CCCCCCCCCCCCCCCCOc1[c]cc[c]c1. The summed E-state index contributed by atoms with van der Waals surface area (Å²) < 4.78 is 5.63. The van der Waals surface area contributed by atoms with Crippen molar-refractivity contribution in [3.05, 3.63) is 30.3 Å². The molecule has 0 amide bonds. The van der Waals surface area contributed by atoms with Gasteiger partial charge in [0.15, 0.2) is 0 Å². The molecule has 1 nitrogen and oxygen atoms in total. The van der Waals surface area contributed by atoms with E-state index in [4.69, 9.17) is 4.74 Å². The molecule has 0 aromatic heterocycles. The van der Waals surface area contributed by atoms with E-state index in [0.717, 1.165) is 18.8 Å². The Hall–Kier alpha value is -0.980. The van der Waals surface area contributed by atoms with Crippen molar-refractivity contribution in [3.8, 4) is 5.75 Å². The first-order chi connectivity index (χ1) is 11.4. The summed E-state index contributed by atoms with van der Waals surface area (Å²) in [6, 6.07) is 11.6. The Balaban J connectivity index is 1.72. The van der Waals surface area contributed by atoms with Crippen molar-refractivity contribution < 1.29 is 4.74 Å². The second kappa shape index (κ2) is 15.9. The molecule has 23 heavy (non-hydrogen) atoms. The lowest BCUT2D eigenvalue weighted by molar-refractivity contribution is 0.303. The normalized spacial score (nSPS) is 10.8. The van der Waals surface area contributed by atoms with Crippen LogP contribution in [0.3, 0.4) is 0 Å². The Kier molecular flexibility index (Phi) is 13.9. The van der Waals surface area contributed by atoms with Crippen LogP contribution in [-0.2, 0) is 0 Å². The molecule has 0 aliphatic heterocycles. The third kappa shape index (κ3) is 13.2. The van der Waals surface area contributed by atoms with E-state index in [9.17, 15) is 0 Å². The van der Waals surface area contributed by atoms with Gasteiger partial charge in [-0.2, -0.15) is 0 Å². The molecule has 0 aliphatic rings. The summed E-state index contributed by atoms with van der Waals surface area (Å²) in [5.74, 6) is 0.821. The van der Waals surface area contributed by atoms with Gasteiger partial charge in [0.1, 0.15) is 5.75 Å². The summed E-state index contributed by atoms with van der Waals surface area (Å²) >= 11 is 0. The standard InChI is InChI=1S/C22H36O/c1-2-3-4-5-6-7-8-9-10-11-12-13-14-18-21-23-22-19-16-15-17-20-22/h15-16,20H,2-14,18,21H2,1H3. The maximum Gasteiger partial charge on any atom is 0.127 e. The van der Waals surface area contributed by atoms with Crippen molar-refractivity contribution in [2.75, 3.05) is 6.61 Å². The van der Waals surface area contributed by atoms with Gasteiger partial charge < -0.3 is 4.74 Å². The minimum absolute atomic E-state index is 0.812. The number of benzene rings is 1. The van der Waals surface area contributed by atoms with Crippen LogP contribution in [-0.4, -0.2) is 6.61 Å². The zero-order chi connectivity index (χ0) is 16.4. The summed E-state index contributed by atoms with van der Waals surface area (Å²) in [6.07, 6.45) is 19.5. The van der Waals surface area contributed by atoms with Crippen molar-refractivity contribution in [2.24, 2.45) is 0 Å². The van der Waals surface area contributed by atoms with Crippen LogP contribution >= 0.6 is 0 Å². The summed E-state index contributed by atoms with van der Waals surface area (Å²) in [6.45, 7) is 3.10. The summed E-state index contributed by atoms with van der Waals surface area (Å²) in [5, 5.41) is 0. The van der Waals surface area contributed by atoms with Gasteiger partial charge in [0.05, 0.1) is 6.61 Å². The van der Waals surface area contributed by atoms with Crippen molar-refractivity contribution >= 4 is 0 Å². The number of rotatable bonds is 16. The third-order valence-corrected chi connectivity index (χ3v) is 4.38. The maximum atomic E-state index is 5.63. The lowest BCUT2D eigenvalue weighted by Crippen LogP contribution is -1.97. The number of unbranched alkanes of at least 4 members (excludes halogenated alkanes) is 13. The van der Waals surface area contributed by atoms with Gasteiger partial charge in [-0.05, 0) is 24.6 Å². The fourth-order valence-corrected chi connectivity index (χ4v) is 2.90. The first-order valence-electron chi connectivity index (χ1n) is 9.94. The molecule has 130 valence electrons. The second-order valence-corrected chi connectivity index (χ2v) is 6.60. The Morgan fingerprint density at radius 1 is 0.696 bits per heavy atom. The molecule has 1 rings (SSSR count). The van der Waals surface area contributed by atoms with E-state index >= 15 is 0 Å². The molecule has 1 aromatic carbocycles. The van der Waals surface area contributed by atoms with Gasteiger partial charge in [-0.3, -0.25) is 0 Å². The van der Waals surface area contributed by atoms with E-state index in [1.165, 1.54) is 83.5 Å². The van der Waals surface area contributed by atoms with Gasteiger partial charge in [0, 0.05) is 6.07 Å². The molecule has 0 fully saturated rings. The largest absolute Gasteiger partial charge is 0.493 e. The highest BCUT2D eigenvalue weighted by Crippen LogP contribution is 2.13. The molecule has 0 unspecified atom stereocenters. The molecule has 1 heteroatoms. The van der Waals surface area contributed by atoms with Crippen molar-refractivity contribution in [3.63, 3.8) is 0 Å². The summed E-state index contributed by atoms with van der Waals surface area (Å²) in [7, 11) is 0. The van der Waals surface area contributed by atoms with Gasteiger partial charge in [0.25, 0.3) is 0 Å². The Morgan fingerprint density at radius 3 is 1.70 bits per heavy atom. The van der Waals surface area contributed by atoms with E-state index < -0.39 is 0 Å². The number of hydrogen-bond acceptors (Lipinski definition) is 1. The molecular formula is C22H36O. The zero-order valence-corrected chi connectivity index (χ0v) is 15.2. The molecule has 0 aliphatic carbocycles. The molecule has 0 heterocycles. The third-order valence-electron chi connectivity index (χ3n) is 4.38. The van der Waals surface area contributed by atoms with Crippen molar-refractivity contribution in [1.82, 2.24) is 0 Å². The number of hydrogen-bond donors (Lipinski definition) is 0.